The van der Waals surface area contributed by atoms with Crippen molar-refractivity contribution in [3.05, 3.63) is 28.8 Å². The highest BCUT2D eigenvalue weighted by Gasteiger charge is 2.28. The summed E-state index contributed by atoms with van der Waals surface area (Å²) in [5.41, 5.74) is 0.215. The van der Waals surface area contributed by atoms with E-state index in [1.54, 1.807) is 0 Å². The lowest BCUT2D eigenvalue weighted by atomic mass is 9.94. The molecule has 2 fully saturated rings. The van der Waals surface area contributed by atoms with Gasteiger partial charge in [0, 0.05) is 25.7 Å². The summed E-state index contributed by atoms with van der Waals surface area (Å²) < 4.78 is 27.0. The summed E-state index contributed by atoms with van der Waals surface area (Å²) in [6.07, 6.45) is 9.07. The van der Waals surface area contributed by atoms with Crippen LogP contribution >= 0.6 is 11.6 Å². The second-order valence-corrected chi connectivity index (χ2v) is 10.5. The normalized spacial score (nSPS) is 19.0. The van der Waals surface area contributed by atoms with Crippen LogP contribution in [0.25, 0.3) is 0 Å². The van der Waals surface area contributed by atoms with Crippen LogP contribution in [0.5, 0.6) is 0 Å². The number of sulfonamides is 1. The molecule has 0 atom stereocenters. The molecule has 1 aliphatic heterocycles. The van der Waals surface area contributed by atoms with Crippen molar-refractivity contribution in [1.82, 2.24) is 14.5 Å². The smallest absolute Gasteiger partial charge is 0.252 e. The molecule has 1 saturated heterocycles. The van der Waals surface area contributed by atoms with Gasteiger partial charge >= 0.3 is 0 Å². The van der Waals surface area contributed by atoms with E-state index in [-0.39, 0.29) is 21.4 Å². The average molecular weight is 442 g/mol. The Balaban J connectivity index is 1.55. The predicted octanol–water partition coefficient (Wildman–Crippen LogP) is 3.51. The second kappa shape index (κ2) is 10.2. The molecule has 1 heterocycles. The maximum absolute atomic E-state index is 12.8. The minimum absolute atomic E-state index is 0.131. The SMILES string of the molecule is CN(CCCNC(=O)c1cc(S(=O)(=O)N2CCCC2)ccc1Cl)C1CCCCC1. The zero-order valence-corrected chi connectivity index (χ0v) is 18.8. The van der Waals surface area contributed by atoms with Gasteiger partial charge in [-0.1, -0.05) is 30.9 Å². The average Bonchev–Trinajstić information content (AvgIpc) is 3.27. The molecule has 2 aliphatic rings. The summed E-state index contributed by atoms with van der Waals surface area (Å²) in [5.74, 6) is -0.325. The third-order valence-electron chi connectivity index (χ3n) is 6.06. The summed E-state index contributed by atoms with van der Waals surface area (Å²) in [4.78, 5) is 15.1. The molecule has 0 aromatic heterocycles. The molecule has 0 radical (unpaired) electrons. The van der Waals surface area contributed by atoms with Crippen molar-refractivity contribution in [3.8, 4) is 0 Å². The summed E-state index contributed by atoms with van der Waals surface area (Å²) in [5, 5.41) is 3.15. The fourth-order valence-electron chi connectivity index (χ4n) is 4.25. The highest BCUT2D eigenvalue weighted by atomic mass is 35.5. The van der Waals surface area contributed by atoms with Gasteiger partial charge in [-0.05, 0) is 63.9 Å². The summed E-state index contributed by atoms with van der Waals surface area (Å²) in [7, 11) is -1.42. The summed E-state index contributed by atoms with van der Waals surface area (Å²) in [6.45, 7) is 2.53. The second-order valence-electron chi connectivity index (χ2n) is 8.13. The molecule has 1 amide bonds. The number of carbonyl (C=O) groups is 1. The van der Waals surface area contributed by atoms with E-state index in [0.29, 0.717) is 25.7 Å². The fraction of sp³-hybridized carbons (Fsp3) is 0.667. The molecule has 29 heavy (non-hydrogen) atoms. The lowest BCUT2D eigenvalue weighted by Gasteiger charge is -2.31. The fourth-order valence-corrected chi connectivity index (χ4v) is 5.99. The van der Waals surface area contributed by atoms with Gasteiger partial charge < -0.3 is 10.2 Å². The lowest BCUT2D eigenvalue weighted by molar-refractivity contribution is 0.0950. The zero-order valence-electron chi connectivity index (χ0n) is 17.2. The Morgan fingerprint density at radius 2 is 1.86 bits per heavy atom. The van der Waals surface area contributed by atoms with Crippen LogP contribution in [-0.4, -0.2) is 62.8 Å². The Hall–Kier alpha value is -1.15. The number of carbonyl (C=O) groups excluding carboxylic acids is 1. The first kappa shape index (κ1) is 22.5. The number of benzene rings is 1. The number of amides is 1. The molecule has 3 rings (SSSR count). The van der Waals surface area contributed by atoms with Crippen LogP contribution in [0.3, 0.4) is 0 Å². The Labute approximate surface area is 179 Å². The highest BCUT2D eigenvalue weighted by Crippen LogP contribution is 2.25. The molecule has 8 heteroatoms. The van der Waals surface area contributed by atoms with E-state index in [1.165, 1.54) is 54.6 Å². The molecule has 1 N–H and O–H groups in total. The van der Waals surface area contributed by atoms with E-state index in [2.05, 4.69) is 17.3 Å². The standard InChI is InChI=1S/C21H32ClN3O3S/c1-24(17-8-3-2-4-9-17)13-7-12-23-21(26)19-16-18(10-11-20(19)22)29(27,28)25-14-5-6-15-25/h10-11,16-17H,2-9,12-15H2,1H3,(H,23,26). The van der Waals surface area contributed by atoms with Crippen molar-refractivity contribution in [1.29, 1.82) is 0 Å². The van der Waals surface area contributed by atoms with Crippen molar-refractivity contribution in [2.75, 3.05) is 33.2 Å². The largest absolute Gasteiger partial charge is 0.352 e. The topological polar surface area (TPSA) is 69.7 Å². The van der Waals surface area contributed by atoms with E-state index in [1.807, 2.05) is 0 Å². The monoisotopic (exact) mass is 441 g/mol. The third kappa shape index (κ3) is 5.72. The summed E-state index contributed by atoms with van der Waals surface area (Å²) in [6, 6.07) is 5.03. The van der Waals surface area contributed by atoms with Crippen molar-refractivity contribution in [2.24, 2.45) is 0 Å². The van der Waals surface area contributed by atoms with Crippen LogP contribution in [0.1, 0.15) is 61.7 Å². The number of nitrogens with one attached hydrogen (secondary N) is 1. The first-order chi connectivity index (χ1) is 13.9. The predicted molar refractivity (Wildman–Crippen MR) is 116 cm³/mol. The number of hydrogen-bond acceptors (Lipinski definition) is 4. The maximum Gasteiger partial charge on any atom is 0.252 e. The van der Waals surface area contributed by atoms with Gasteiger partial charge in [0.15, 0.2) is 0 Å². The molecular formula is C21H32ClN3O3S. The number of hydrogen-bond donors (Lipinski definition) is 1. The van der Waals surface area contributed by atoms with Crippen LogP contribution in [0.15, 0.2) is 23.1 Å². The molecule has 0 bridgehead atoms. The van der Waals surface area contributed by atoms with Gasteiger partial charge in [0.2, 0.25) is 10.0 Å². The van der Waals surface area contributed by atoms with Gasteiger partial charge in [-0.25, -0.2) is 8.42 Å². The maximum atomic E-state index is 12.8. The molecule has 1 aromatic carbocycles. The van der Waals surface area contributed by atoms with E-state index in [0.717, 1.165) is 25.8 Å². The first-order valence-electron chi connectivity index (χ1n) is 10.7. The van der Waals surface area contributed by atoms with Gasteiger partial charge in [-0.15, -0.1) is 0 Å². The Morgan fingerprint density at radius 3 is 2.55 bits per heavy atom. The van der Waals surface area contributed by atoms with Crippen LogP contribution in [0, 0.1) is 0 Å². The van der Waals surface area contributed by atoms with Crippen LogP contribution in [0.4, 0.5) is 0 Å². The molecule has 162 valence electrons. The van der Waals surface area contributed by atoms with Gasteiger partial charge in [0.25, 0.3) is 5.91 Å². The van der Waals surface area contributed by atoms with Gasteiger partial charge in [0.1, 0.15) is 0 Å². The summed E-state index contributed by atoms with van der Waals surface area (Å²) >= 11 is 6.19. The molecule has 6 nitrogen and oxygen atoms in total. The van der Waals surface area contributed by atoms with E-state index >= 15 is 0 Å². The van der Waals surface area contributed by atoms with Gasteiger partial charge in [-0.3, -0.25) is 4.79 Å². The van der Waals surface area contributed by atoms with Crippen LogP contribution < -0.4 is 5.32 Å². The van der Waals surface area contributed by atoms with E-state index in [4.69, 9.17) is 11.6 Å². The van der Waals surface area contributed by atoms with Crippen molar-refractivity contribution in [2.45, 2.75) is 62.3 Å². The molecule has 1 saturated carbocycles. The van der Waals surface area contributed by atoms with Crippen molar-refractivity contribution in [3.63, 3.8) is 0 Å². The molecule has 0 spiro atoms. The minimum atomic E-state index is -3.57. The Kier molecular flexibility index (Phi) is 7.96. The quantitative estimate of drug-likeness (QED) is 0.627. The van der Waals surface area contributed by atoms with Crippen molar-refractivity contribution < 1.29 is 13.2 Å². The number of nitrogens with zero attached hydrogens (tertiary/aromatic N) is 2. The molecule has 1 aromatic rings. The Bertz CT molecular complexity index is 803. The first-order valence-corrected chi connectivity index (χ1v) is 12.5. The molecule has 0 unspecified atom stereocenters. The number of halogens is 1. The van der Waals surface area contributed by atoms with Crippen LogP contribution in [0.2, 0.25) is 5.02 Å². The van der Waals surface area contributed by atoms with Gasteiger partial charge in [-0.2, -0.15) is 4.31 Å². The van der Waals surface area contributed by atoms with Crippen molar-refractivity contribution >= 4 is 27.5 Å². The lowest BCUT2D eigenvalue weighted by Crippen LogP contribution is -2.36. The van der Waals surface area contributed by atoms with E-state index in [9.17, 15) is 13.2 Å². The minimum Gasteiger partial charge on any atom is -0.352 e. The van der Waals surface area contributed by atoms with Gasteiger partial charge in [0.05, 0.1) is 15.5 Å². The zero-order chi connectivity index (χ0) is 20.9. The molecular weight excluding hydrogens is 410 g/mol. The third-order valence-corrected chi connectivity index (χ3v) is 8.28. The highest BCUT2D eigenvalue weighted by molar-refractivity contribution is 7.89. The molecule has 1 aliphatic carbocycles. The Morgan fingerprint density at radius 1 is 1.17 bits per heavy atom. The van der Waals surface area contributed by atoms with Crippen LogP contribution in [-0.2, 0) is 10.0 Å². The van der Waals surface area contributed by atoms with E-state index < -0.39 is 10.0 Å². The number of rotatable bonds is 8.